The Kier molecular flexibility index (Phi) is 3.08. The van der Waals surface area contributed by atoms with E-state index in [0.717, 1.165) is 0 Å². The van der Waals surface area contributed by atoms with Crippen molar-refractivity contribution >= 4 is 27.6 Å². The molecule has 0 radical (unpaired) electrons. The van der Waals surface area contributed by atoms with Crippen LogP contribution in [0.3, 0.4) is 0 Å². The average Bonchev–Trinajstić information content (AvgIpc) is 2.99. The quantitative estimate of drug-likeness (QED) is 0.431. The molecule has 0 atom stereocenters. The highest BCUT2D eigenvalue weighted by Gasteiger charge is 2.26. The molecule has 0 bridgehead atoms. The molecule has 0 saturated heterocycles. The summed E-state index contributed by atoms with van der Waals surface area (Å²) >= 11 is 0. The minimum absolute atomic E-state index is 0.0158. The summed E-state index contributed by atoms with van der Waals surface area (Å²) in [5, 5.41) is 20.9. The molecule has 4 aromatic rings. The second kappa shape index (κ2) is 5.28. The van der Waals surface area contributed by atoms with Crippen LogP contribution in [-0.4, -0.2) is 19.9 Å². The number of hydrogen-bond donors (Lipinski definition) is 2. The summed E-state index contributed by atoms with van der Waals surface area (Å²) in [5.74, 6) is 0. The van der Waals surface area contributed by atoms with Crippen LogP contribution in [0, 0.1) is 21.4 Å². The van der Waals surface area contributed by atoms with Gasteiger partial charge in [0.15, 0.2) is 5.69 Å². The lowest BCUT2D eigenvalue weighted by molar-refractivity contribution is -0.382. The van der Waals surface area contributed by atoms with Crippen LogP contribution < -0.4 is 5.56 Å². The first-order valence-corrected chi connectivity index (χ1v) is 7.28. The van der Waals surface area contributed by atoms with Crippen LogP contribution in [0.1, 0.15) is 5.56 Å². The third-order valence-electron chi connectivity index (χ3n) is 3.92. The summed E-state index contributed by atoms with van der Waals surface area (Å²) in [6.45, 7) is 0. The smallest absolute Gasteiger partial charge is 0.304 e. The molecule has 2 N–H and O–H groups in total. The highest BCUT2D eigenvalue weighted by molar-refractivity contribution is 5.98. The average molecular weight is 331 g/mol. The molecule has 0 amide bonds. The van der Waals surface area contributed by atoms with Gasteiger partial charge in [-0.25, -0.2) is 4.98 Å². The molecule has 0 spiro atoms. The predicted molar refractivity (Wildman–Crippen MR) is 91.0 cm³/mol. The van der Waals surface area contributed by atoms with Gasteiger partial charge in [-0.05, 0) is 30.3 Å². The van der Waals surface area contributed by atoms with Gasteiger partial charge in [0.2, 0.25) is 0 Å². The first-order chi connectivity index (χ1) is 12.1. The minimum Gasteiger partial charge on any atom is -0.347 e. The lowest BCUT2D eigenvalue weighted by Gasteiger charge is -2.00. The van der Waals surface area contributed by atoms with Crippen molar-refractivity contribution < 1.29 is 4.92 Å². The normalized spacial score (nSPS) is 10.8. The van der Waals surface area contributed by atoms with Crippen molar-refractivity contribution in [3.63, 3.8) is 0 Å². The van der Waals surface area contributed by atoms with E-state index in [1.807, 2.05) is 6.07 Å². The number of nitrogens with zero attached hydrogens (tertiary/aromatic N) is 3. The molecule has 4 rings (SSSR count). The molecule has 2 heterocycles. The summed E-state index contributed by atoms with van der Waals surface area (Å²) in [6.07, 6.45) is 0. The molecule has 0 fully saturated rings. The highest BCUT2D eigenvalue weighted by Crippen LogP contribution is 2.35. The Bertz CT molecular complexity index is 1260. The van der Waals surface area contributed by atoms with Crippen molar-refractivity contribution in [3.8, 4) is 17.5 Å². The maximum absolute atomic E-state index is 12.4. The van der Waals surface area contributed by atoms with Crippen molar-refractivity contribution in [2.45, 2.75) is 0 Å². The van der Waals surface area contributed by atoms with E-state index in [4.69, 9.17) is 5.26 Å². The lowest BCUT2D eigenvalue weighted by atomic mass is 10.1. The van der Waals surface area contributed by atoms with Crippen LogP contribution in [0.5, 0.6) is 0 Å². The van der Waals surface area contributed by atoms with Crippen molar-refractivity contribution in [3.05, 3.63) is 68.5 Å². The molecule has 2 aromatic heterocycles. The maximum Gasteiger partial charge on any atom is 0.304 e. The largest absolute Gasteiger partial charge is 0.347 e. The number of nitriles is 1. The van der Waals surface area contributed by atoms with E-state index < -0.39 is 10.5 Å². The van der Waals surface area contributed by atoms with Crippen molar-refractivity contribution in [1.29, 1.82) is 5.26 Å². The van der Waals surface area contributed by atoms with Crippen molar-refractivity contribution in [1.82, 2.24) is 15.0 Å². The highest BCUT2D eigenvalue weighted by atomic mass is 16.6. The monoisotopic (exact) mass is 331 g/mol. The molecule has 0 aliphatic carbocycles. The van der Waals surface area contributed by atoms with Gasteiger partial charge in [-0.1, -0.05) is 12.1 Å². The maximum atomic E-state index is 12.4. The number of benzene rings is 2. The van der Waals surface area contributed by atoms with E-state index in [1.54, 1.807) is 36.4 Å². The summed E-state index contributed by atoms with van der Waals surface area (Å²) < 4.78 is 0. The van der Waals surface area contributed by atoms with Gasteiger partial charge in [0.05, 0.1) is 38.5 Å². The number of aromatic nitrogens is 3. The lowest BCUT2D eigenvalue weighted by Crippen LogP contribution is -2.12. The molecular weight excluding hydrogens is 322 g/mol. The third kappa shape index (κ3) is 2.22. The van der Waals surface area contributed by atoms with Crippen LogP contribution in [0.15, 0.2) is 47.3 Å². The zero-order chi connectivity index (χ0) is 17.6. The van der Waals surface area contributed by atoms with Gasteiger partial charge in [-0.2, -0.15) is 5.26 Å². The van der Waals surface area contributed by atoms with Gasteiger partial charge in [-0.15, -0.1) is 0 Å². The molecule has 0 aliphatic heterocycles. The van der Waals surface area contributed by atoms with E-state index in [1.165, 1.54) is 6.07 Å². The zero-order valence-electron chi connectivity index (χ0n) is 12.6. The van der Waals surface area contributed by atoms with Crippen molar-refractivity contribution in [2.75, 3.05) is 0 Å². The third-order valence-corrected chi connectivity index (χ3v) is 3.92. The second-order valence-corrected chi connectivity index (χ2v) is 5.41. The Hall–Kier alpha value is -3.99. The van der Waals surface area contributed by atoms with Gasteiger partial charge in [0.25, 0.3) is 5.56 Å². The van der Waals surface area contributed by atoms with Gasteiger partial charge in [0, 0.05) is 0 Å². The predicted octanol–water partition coefficient (Wildman–Crippen LogP) is 2.85. The van der Waals surface area contributed by atoms with Crippen LogP contribution in [0.2, 0.25) is 0 Å². The Labute approximate surface area is 139 Å². The molecular formula is C17H9N5O3. The number of nitro groups is 1. The molecule has 0 unspecified atom stereocenters. The standard InChI is InChI=1S/C17H9N5O3/c18-8-9-5-6-11-10(7-9)16(22(24)25)14(19-11)15-17(23)21-13-4-2-1-3-12(13)20-15/h1-7,19H,(H,21,23). The van der Waals surface area contributed by atoms with Crippen LogP contribution in [0.4, 0.5) is 5.69 Å². The van der Waals surface area contributed by atoms with Gasteiger partial charge in [-0.3, -0.25) is 14.9 Å². The Morgan fingerprint density at radius 1 is 1.12 bits per heavy atom. The number of hydrogen-bond acceptors (Lipinski definition) is 5. The minimum atomic E-state index is -0.578. The molecule has 120 valence electrons. The Morgan fingerprint density at radius 3 is 2.68 bits per heavy atom. The molecule has 25 heavy (non-hydrogen) atoms. The molecule has 2 aromatic carbocycles. The fourth-order valence-corrected chi connectivity index (χ4v) is 2.81. The molecule has 8 heteroatoms. The zero-order valence-corrected chi connectivity index (χ0v) is 12.6. The summed E-state index contributed by atoms with van der Waals surface area (Å²) in [6, 6.07) is 13.4. The summed E-state index contributed by atoms with van der Waals surface area (Å²) in [7, 11) is 0. The summed E-state index contributed by atoms with van der Waals surface area (Å²) in [4.78, 5) is 33.3. The SMILES string of the molecule is N#Cc1ccc2[nH]c(-c3nc4ccccc4[nH]c3=O)c([N+](=O)[O-])c2c1. The topological polar surface area (TPSA) is 128 Å². The van der Waals surface area contributed by atoms with E-state index >= 15 is 0 Å². The summed E-state index contributed by atoms with van der Waals surface area (Å²) in [5.41, 5.74) is 0.942. The number of rotatable bonds is 2. The van der Waals surface area contributed by atoms with E-state index in [0.29, 0.717) is 22.1 Å². The number of para-hydroxylation sites is 2. The van der Waals surface area contributed by atoms with Gasteiger partial charge in [0.1, 0.15) is 5.69 Å². The first-order valence-electron chi connectivity index (χ1n) is 7.28. The van der Waals surface area contributed by atoms with Gasteiger partial charge >= 0.3 is 5.69 Å². The van der Waals surface area contributed by atoms with E-state index in [2.05, 4.69) is 15.0 Å². The number of aromatic amines is 2. The van der Waals surface area contributed by atoms with E-state index in [-0.39, 0.29) is 22.5 Å². The fraction of sp³-hybridized carbons (Fsp3) is 0. The van der Waals surface area contributed by atoms with E-state index in [9.17, 15) is 14.9 Å². The molecule has 8 nitrogen and oxygen atoms in total. The molecule has 0 aliphatic rings. The van der Waals surface area contributed by atoms with Gasteiger partial charge < -0.3 is 9.97 Å². The second-order valence-electron chi connectivity index (χ2n) is 5.41. The number of H-pyrrole nitrogens is 2. The fourth-order valence-electron chi connectivity index (χ4n) is 2.81. The number of nitrogens with one attached hydrogen (secondary N) is 2. The first kappa shape index (κ1) is 14.6. The number of fused-ring (bicyclic) bond motifs is 2. The van der Waals surface area contributed by atoms with Crippen LogP contribution in [-0.2, 0) is 0 Å². The van der Waals surface area contributed by atoms with Crippen LogP contribution >= 0.6 is 0 Å². The Balaban J connectivity index is 2.09. The molecule has 0 saturated carbocycles. The van der Waals surface area contributed by atoms with Crippen LogP contribution in [0.25, 0.3) is 33.3 Å². The Morgan fingerprint density at radius 2 is 1.92 bits per heavy atom. The van der Waals surface area contributed by atoms with Crippen molar-refractivity contribution in [2.24, 2.45) is 0 Å².